The van der Waals surface area contributed by atoms with Gasteiger partial charge in [-0.15, -0.1) is 0 Å². The van der Waals surface area contributed by atoms with Crippen LogP contribution in [0.2, 0.25) is 0 Å². The fourth-order valence-electron chi connectivity index (χ4n) is 2.97. The van der Waals surface area contributed by atoms with Crippen LogP contribution in [0.5, 0.6) is 0 Å². The number of hydrogen-bond acceptors (Lipinski definition) is 0. The molecule has 2 saturated carbocycles. The molecule has 2 aliphatic rings. The van der Waals surface area contributed by atoms with Gasteiger partial charge in [-0.3, -0.25) is 0 Å². The summed E-state index contributed by atoms with van der Waals surface area (Å²) in [6, 6.07) is 0. The highest BCUT2D eigenvalue weighted by molar-refractivity contribution is 6.25. The molecule has 0 N–H and O–H groups in total. The Kier molecular flexibility index (Phi) is 1.57. The molecular formula is C10H15Cl. The lowest BCUT2D eigenvalue weighted by Crippen LogP contribution is -2.16. The molecule has 62 valence electrons. The van der Waals surface area contributed by atoms with E-state index >= 15 is 0 Å². The fraction of sp³-hybridized carbons (Fsp3) is 0.800. The highest BCUT2D eigenvalue weighted by Gasteiger charge is 2.50. The Morgan fingerprint density at radius 2 is 2.18 bits per heavy atom. The van der Waals surface area contributed by atoms with E-state index in [0.717, 1.165) is 11.8 Å². The maximum Gasteiger partial charge on any atom is 0.00375 e. The molecule has 0 aromatic rings. The summed E-state index contributed by atoms with van der Waals surface area (Å²) in [7, 11) is 0. The summed E-state index contributed by atoms with van der Waals surface area (Å²) in [5, 5.41) is 0. The molecule has 2 atom stereocenters. The predicted molar refractivity (Wildman–Crippen MR) is 48.5 cm³/mol. The number of halogens is 1. The van der Waals surface area contributed by atoms with Crippen LogP contribution in [0.15, 0.2) is 11.1 Å². The summed E-state index contributed by atoms with van der Waals surface area (Å²) in [5.41, 5.74) is 3.87. The van der Waals surface area contributed by atoms with Crippen LogP contribution in [0.25, 0.3) is 0 Å². The molecule has 2 unspecified atom stereocenters. The summed E-state index contributed by atoms with van der Waals surface area (Å²) in [6.07, 6.45) is 4.06. The summed E-state index contributed by atoms with van der Waals surface area (Å²) in [5.74, 6) is 1.71. The molecule has 0 radical (unpaired) electrons. The first-order valence-electron chi connectivity index (χ1n) is 4.45. The lowest BCUT2D eigenvalue weighted by atomic mass is 9.82. The Morgan fingerprint density at radius 3 is 2.45 bits per heavy atom. The molecule has 0 nitrogen and oxygen atoms in total. The molecule has 2 aliphatic carbocycles. The van der Waals surface area contributed by atoms with E-state index in [1.807, 2.05) is 5.54 Å². The largest absolute Gasteiger partial charge is 0.0930 e. The van der Waals surface area contributed by atoms with Gasteiger partial charge >= 0.3 is 0 Å². The third kappa shape index (κ3) is 0.885. The van der Waals surface area contributed by atoms with Gasteiger partial charge in [0.25, 0.3) is 0 Å². The Hall–Kier alpha value is 0.0300. The van der Waals surface area contributed by atoms with Gasteiger partial charge in [-0.05, 0) is 36.5 Å². The van der Waals surface area contributed by atoms with Gasteiger partial charge in [-0.1, -0.05) is 31.0 Å². The van der Waals surface area contributed by atoms with Crippen molar-refractivity contribution in [2.24, 2.45) is 17.3 Å². The molecule has 2 rings (SSSR count). The molecule has 0 saturated heterocycles. The Bertz CT molecular complexity index is 203. The van der Waals surface area contributed by atoms with Crippen LogP contribution in [0.4, 0.5) is 0 Å². The number of allylic oxidation sites excluding steroid dienone is 1. The van der Waals surface area contributed by atoms with E-state index in [0.29, 0.717) is 5.41 Å². The Labute approximate surface area is 73.6 Å². The van der Waals surface area contributed by atoms with E-state index < -0.39 is 0 Å². The van der Waals surface area contributed by atoms with Crippen molar-refractivity contribution in [2.45, 2.75) is 33.1 Å². The van der Waals surface area contributed by atoms with Gasteiger partial charge < -0.3 is 0 Å². The van der Waals surface area contributed by atoms with Crippen LogP contribution in [0.3, 0.4) is 0 Å². The lowest BCUT2D eigenvalue weighted by molar-refractivity contribution is 0.267. The lowest BCUT2D eigenvalue weighted by Gasteiger charge is -2.23. The minimum atomic E-state index is 0.542. The second kappa shape index (κ2) is 2.26. The highest BCUT2D eigenvalue weighted by atomic mass is 35.5. The van der Waals surface area contributed by atoms with Gasteiger partial charge in [0.05, 0.1) is 0 Å². The SMILES string of the molecule is CC1(C)C2CCC1/C(=C/Cl)C2. The average Bonchev–Trinajstić information content (AvgIpc) is 2.40. The van der Waals surface area contributed by atoms with E-state index in [4.69, 9.17) is 11.6 Å². The van der Waals surface area contributed by atoms with E-state index in [1.54, 1.807) is 0 Å². The van der Waals surface area contributed by atoms with E-state index in [2.05, 4.69) is 13.8 Å². The van der Waals surface area contributed by atoms with Crippen LogP contribution in [-0.2, 0) is 0 Å². The zero-order valence-electron chi connectivity index (χ0n) is 7.23. The van der Waals surface area contributed by atoms with Crippen LogP contribution < -0.4 is 0 Å². The first-order chi connectivity index (χ1) is 5.16. The zero-order valence-corrected chi connectivity index (χ0v) is 7.99. The second-order valence-electron chi connectivity index (χ2n) is 4.54. The van der Waals surface area contributed by atoms with Gasteiger partial charge in [0.2, 0.25) is 0 Å². The normalized spacial score (nSPS) is 43.7. The average molecular weight is 171 g/mol. The number of hydrogen-bond donors (Lipinski definition) is 0. The van der Waals surface area contributed by atoms with Crippen LogP contribution in [0.1, 0.15) is 33.1 Å². The van der Waals surface area contributed by atoms with Crippen LogP contribution in [-0.4, -0.2) is 0 Å². The molecule has 0 aliphatic heterocycles. The summed E-state index contributed by atoms with van der Waals surface area (Å²) >= 11 is 5.77. The monoisotopic (exact) mass is 170 g/mol. The topological polar surface area (TPSA) is 0 Å². The quantitative estimate of drug-likeness (QED) is 0.522. The van der Waals surface area contributed by atoms with Crippen molar-refractivity contribution in [3.63, 3.8) is 0 Å². The van der Waals surface area contributed by atoms with Crippen LogP contribution >= 0.6 is 11.6 Å². The van der Waals surface area contributed by atoms with E-state index in [-0.39, 0.29) is 0 Å². The smallest absolute Gasteiger partial charge is 0.00375 e. The molecule has 0 aromatic heterocycles. The van der Waals surface area contributed by atoms with E-state index in [1.165, 1.54) is 24.8 Å². The summed E-state index contributed by atoms with van der Waals surface area (Å²) in [6.45, 7) is 4.78. The van der Waals surface area contributed by atoms with Crippen molar-refractivity contribution in [1.29, 1.82) is 0 Å². The van der Waals surface area contributed by atoms with Crippen molar-refractivity contribution >= 4 is 11.6 Å². The molecule has 11 heavy (non-hydrogen) atoms. The second-order valence-corrected chi connectivity index (χ2v) is 4.75. The Morgan fingerprint density at radius 1 is 1.45 bits per heavy atom. The zero-order chi connectivity index (χ0) is 8.06. The minimum absolute atomic E-state index is 0.542. The first kappa shape index (κ1) is 7.67. The number of rotatable bonds is 0. The van der Waals surface area contributed by atoms with E-state index in [9.17, 15) is 0 Å². The van der Waals surface area contributed by atoms with Gasteiger partial charge in [0.15, 0.2) is 0 Å². The van der Waals surface area contributed by atoms with Crippen LogP contribution in [0, 0.1) is 17.3 Å². The van der Waals surface area contributed by atoms with Crippen molar-refractivity contribution in [3.05, 3.63) is 11.1 Å². The van der Waals surface area contributed by atoms with Crippen molar-refractivity contribution < 1.29 is 0 Å². The maximum absolute atomic E-state index is 5.77. The summed E-state index contributed by atoms with van der Waals surface area (Å²) in [4.78, 5) is 0. The first-order valence-corrected chi connectivity index (χ1v) is 4.89. The molecule has 0 spiro atoms. The molecular weight excluding hydrogens is 156 g/mol. The molecule has 1 heteroatoms. The fourth-order valence-corrected chi connectivity index (χ4v) is 3.21. The van der Waals surface area contributed by atoms with Crippen molar-refractivity contribution in [3.8, 4) is 0 Å². The highest BCUT2D eigenvalue weighted by Crippen LogP contribution is 2.59. The number of fused-ring (bicyclic) bond motifs is 2. The van der Waals surface area contributed by atoms with Gasteiger partial charge in [0.1, 0.15) is 0 Å². The van der Waals surface area contributed by atoms with Gasteiger partial charge in [0, 0.05) is 5.54 Å². The standard InChI is InChI=1S/C10H15Cl/c1-10(2)8-3-4-9(10)7(5-8)6-11/h6,8-9H,3-5H2,1-2H3/b7-6+. The summed E-state index contributed by atoms with van der Waals surface area (Å²) < 4.78 is 0. The molecule has 2 bridgehead atoms. The van der Waals surface area contributed by atoms with Crippen molar-refractivity contribution in [2.75, 3.05) is 0 Å². The molecule has 0 heterocycles. The van der Waals surface area contributed by atoms with Crippen molar-refractivity contribution in [1.82, 2.24) is 0 Å². The predicted octanol–water partition coefficient (Wildman–Crippen LogP) is 3.57. The molecule has 2 fully saturated rings. The maximum atomic E-state index is 5.77. The third-order valence-corrected chi connectivity index (χ3v) is 4.10. The van der Waals surface area contributed by atoms with Gasteiger partial charge in [-0.2, -0.15) is 0 Å². The molecule has 0 amide bonds. The third-order valence-electron chi connectivity index (χ3n) is 3.82. The van der Waals surface area contributed by atoms with Gasteiger partial charge in [-0.25, -0.2) is 0 Å². The Balaban J connectivity index is 2.33. The molecule has 0 aromatic carbocycles. The minimum Gasteiger partial charge on any atom is -0.0930 e.